The molecule has 0 fully saturated rings. The second-order valence-electron chi connectivity index (χ2n) is 5.31. The van der Waals surface area contributed by atoms with Crippen LogP contribution in [0.4, 0.5) is 13.2 Å². The molecule has 1 aliphatic heterocycles. The van der Waals surface area contributed by atoms with Gasteiger partial charge in [-0.05, 0) is 24.0 Å². The molecule has 1 aromatic rings. The number of nitrogens with one attached hydrogen (secondary N) is 2. The molecule has 114 valence electrons. The van der Waals surface area contributed by atoms with Crippen LogP contribution in [0.5, 0.6) is 0 Å². The van der Waals surface area contributed by atoms with Gasteiger partial charge in [0.2, 0.25) is 0 Å². The number of hydrazine groups is 1. The van der Waals surface area contributed by atoms with Crippen LogP contribution in [0.2, 0.25) is 0 Å². The molecule has 0 spiro atoms. The van der Waals surface area contributed by atoms with Crippen molar-refractivity contribution in [2.45, 2.75) is 26.4 Å². The number of amidine groups is 1. The molecule has 2 N–H and O–H groups in total. The van der Waals surface area contributed by atoms with E-state index in [1.807, 2.05) is 13.8 Å². The third-order valence-corrected chi connectivity index (χ3v) is 3.02. The molecule has 0 saturated heterocycles. The summed E-state index contributed by atoms with van der Waals surface area (Å²) in [6, 6.07) is 4.12. The van der Waals surface area contributed by atoms with Crippen molar-refractivity contribution in [3.63, 3.8) is 0 Å². The quantitative estimate of drug-likeness (QED) is 0.899. The molecule has 1 aromatic carbocycles. The van der Waals surface area contributed by atoms with Crippen molar-refractivity contribution in [1.29, 1.82) is 0 Å². The fourth-order valence-electron chi connectivity index (χ4n) is 2.13. The Labute approximate surface area is 120 Å². The summed E-state index contributed by atoms with van der Waals surface area (Å²) in [5, 5.41) is 0. The second kappa shape index (κ2) is 5.75. The number of carbonyl (C=O) groups is 1. The van der Waals surface area contributed by atoms with E-state index in [0.29, 0.717) is 12.0 Å². The van der Waals surface area contributed by atoms with Crippen molar-refractivity contribution in [3.05, 3.63) is 34.9 Å². The van der Waals surface area contributed by atoms with Crippen LogP contribution in [0.3, 0.4) is 0 Å². The van der Waals surface area contributed by atoms with E-state index in [1.165, 1.54) is 6.07 Å². The topological polar surface area (TPSA) is 53.5 Å². The van der Waals surface area contributed by atoms with Gasteiger partial charge in [-0.2, -0.15) is 13.2 Å². The summed E-state index contributed by atoms with van der Waals surface area (Å²) >= 11 is 0. The minimum atomic E-state index is -4.42. The molecule has 1 heterocycles. The van der Waals surface area contributed by atoms with E-state index in [0.717, 1.165) is 6.07 Å². The van der Waals surface area contributed by atoms with Crippen LogP contribution in [-0.4, -0.2) is 18.3 Å². The van der Waals surface area contributed by atoms with Crippen LogP contribution in [0, 0.1) is 5.92 Å². The van der Waals surface area contributed by atoms with Gasteiger partial charge in [0.1, 0.15) is 12.4 Å². The molecular formula is C14H16F3N3O. The molecule has 21 heavy (non-hydrogen) atoms. The molecule has 0 aromatic heterocycles. The number of carbonyl (C=O) groups excluding carboxylic acids is 1. The van der Waals surface area contributed by atoms with Gasteiger partial charge in [0.05, 0.1) is 5.56 Å². The highest BCUT2D eigenvalue weighted by atomic mass is 19.4. The largest absolute Gasteiger partial charge is 0.416 e. The molecule has 2 rings (SSSR count). The van der Waals surface area contributed by atoms with Crippen LogP contribution in [0.1, 0.15) is 30.5 Å². The number of amides is 1. The molecule has 0 unspecified atom stereocenters. The lowest BCUT2D eigenvalue weighted by Crippen LogP contribution is -2.47. The van der Waals surface area contributed by atoms with Gasteiger partial charge >= 0.3 is 6.18 Å². The Morgan fingerprint density at radius 1 is 1.29 bits per heavy atom. The molecule has 4 nitrogen and oxygen atoms in total. The zero-order valence-electron chi connectivity index (χ0n) is 11.7. The normalized spacial score (nSPS) is 15.5. The molecule has 0 saturated carbocycles. The SMILES string of the molecule is CC(C)Cc1ccc(C2=NCC(=O)NN2)cc1C(F)(F)F. The number of hydrogen-bond acceptors (Lipinski definition) is 3. The van der Waals surface area contributed by atoms with Crippen molar-refractivity contribution in [2.24, 2.45) is 10.9 Å². The van der Waals surface area contributed by atoms with Gasteiger partial charge < -0.3 is 0 Å². The van der Waals surface area contributed by atoms with Crippen molar-refractivity contribution < 1.29 is 18.0 Å². The highest BCUT2D eigenvalue weighted by Crippen LogP contribution is 2.33. The minimum Gasteiger partial charge on any atom is -0.282 e. The smallest absolute Gasteiger partial charge is 0.282 e. The molecule has 1 amide bonds. The lowest BCUT2D eigenvalue weighted by atomic mass is 9.95. The van der Waals surface area contributed by atoms with Gasteiger partial charge in [-0.25, -0.2) is 0 Å². The van der Waals surface area contributed by atoms with Crippen molar-refractivity contribution >= 4 is 11.7 Å². The van der Waals surface area contributed by atoms with E-state index in [4.69, 9.17) is 0 Å². The van der Waals surface area contributed by atoms with Gasteiger partial charge in [-0.15, -0.1) is 0 Å². The maximum atomic E-state index is 13.2. The number of benzene rings is 1. The average Bonchev–Trinajstić information content (AvgIpc) is 2.38. The van der Waals surface area contributed by atoms with Crippen molar-refractivity contribution in [3.8, 4) is 0 Å². The third-order valence-electron chi connectivity index (χ3n) is 3.02. The van der Waals surface area contributed by atoms with Gasteiger partial charge in [-0.1, -0.05) is 26.0 Å². The first kappa shape index (κ1) is 15.3. The van der Waals surface area contributed by atoms with Gasteiger partial charge in [0.25, 0.3) is 5.91 Å². The number of rotatable bonds is 3. The first-order chi connectivity index (χ1) is 9.77. The minimum absolute atomic E-state index is 0.0998. The maximum absolute atomic E-state index is 13.2. The molecule has 0 aliphatic carbocycles. The van der Waals surface area contributed by atoms with Crippen LogP contribution in [-0.2, 0) is 17.4 Å². The standard InChI is InChI=1S/C14H16F3N3O/c1-8(2)5-9-3-4-10(6-11(9)14(15,16)17)13-18-7-12(21)19-20-13/h3-4,6,8H,5,7H2,1-2H3,(H,18,20)(H,19,21). The van der Waals surface area contributed by atoms with Crippen molar-refractivity contribution in [2.75, 3.05) is 6.54 Å². The van der Waals surface area contributed by atoms with E-state index in [-0.39, 0.29) is 29.8 Å². The summed E-state index contributed by atoms with van der Waals surface area (Å²) in [7, 11) is 0. The van der Waals surface area contributed by atoms with Crippen LogP contribution in [0.15, 0.2) is 23.2 Å². The Hall–Kier alpha value is -2.05. The van der Waals surface area contributed by atoms with Crippen molar-refractivity contribution in [1.82, 2.24) is 10.9 Å². The molecule has 7 heteroatoms. The molecule has 1 aliphatic rings. The average molecular weight is 299 g/mol. The fourth-order valence-corrected chi connectivity index (χ4v) is 2.13. The van der Waals surface area contributed by atoms with E-state index in [1.54, 1.807) is 6.07 Å². The number of hydrogen-bond donors (Lipinski definition) is 2. The maximum Gasteiger partial charge on any atom is 0.416 e. The summed E-state index contributed by atoms with van der Waals surface area (Å²) in [4.78, 5) is 14.9. The Balaban J connectivity index is 2.40. The summed E-state index contributed by atoms with van der Waals surface area (Å²) in [5.74, 6) is 0.0313. The highest BCUT2D eigenvalue weighted by Gasteiger charge is 2.34. The van der Waals surface area contributed by atoms with Gasteiger partial charge in [0, 0.05) is 5.56 Å². The van der Waals surface area contributed by atoms with Crippen LogP contribution < -0.4 is 10.9 Å². The van der Waals surface area contributed by atoms with Crippen LogP contribution >= 0.6 is 0 Å². The Morgan fingerprint density at radius 3 is 2.52 bits per heavy atom. The monoisotopic (exact) mass is 299 g/mol. The molecule has 0 bridgehead atoms. The van der Waals surface area contributed by atoms with E-state index < -0.39 is 11.7 Å². The first-order valence-corrected chi connectivity index (χ1v) is 6.57. The lowest BCUT2D eigenvalue weighted by molar-refractivity contribution is -0.138. The number of alkyl halides is 3. The summed E-state index contributed by atoms with van der Waals surface area (Å²) in [5.41, 5.74) is 4.75. The number of aliphatic imine (C=N–C) groups is 1. The summed E-state index contributed by atoms with van der Waals surface area (Å²) in [6.45, 7) is 3.64. The number of halogens is 3. The molecule has 0 atom stereocenters. The predicted molar refractivity (Wildman–Crippen MR) is 72.7 cm³/mol. The lowest BCUT2D eigenvalue weighted by Gasteiger charge is -2.19. The summed E-state index contributed by atoms with van der Waals surface area (Å²) < 4.78 is 39.5. The predicted octanol–water partition coefficient (Wildman–Crippen LogP) is 2.28. The van der Waals surface area contributed by atoms with Gasteiger partial charge in [-0.3, -0.25) is 20.6 Å². The Kier molecular flexibility index (Phi) is 4.20. The van der Waals surface area contributed by atoms with Gasteiger partial charge in [0.15, 0.2) is 0 Å². The summed E-state index contributed by atoms with van der Waals surface area (Å²) in [6.07, 6.45) is -4.07. The number of nitrogens with zero attached hydrogens (tertiary/aromatic N) is 1. The fraction of sp³-hybridized carbons (Fsp3) is 0.429. The Morgan fingerprint density at radius 2 is 2.00 bits per heavy atom. The third kappa shape index (κ3) is 3.74. The van der Waals surface area contributed by atoms with Crippen LogP contribution in [0.25, 0.3) is 0 Å². The Bertz CT molecular complexity index is 579. The van der Waals surface area contributed by atoms with E-state index in [9.17, 15) is 18.0 Å². The first-order valence-electron chi connectivity index (χ1n) is 6.57. The molecular weight excluding hydrogens is 283 g/mol. The second-order valence-corrected chi connectivity index (χ2v) is 5.31. The zero-order chi connectivity index (χ0) is 15.6. The van der Waals surface area contributed by atoms with E-state index in [2.05, 4.69) is 15.8 Å². The van der Waals surface area contributed by atoms with E-state index >= 15 is 0 Å². The highest BCUT2D eigenvalue weighted by molar-refractivity contribution is 6.02. The molecule has 0 radical (unpaired) electrons. The zero-order valence-corrected chi connectivity index (χ0v) is 11.7.